The van der Waals surface area contributed by atoms with Gasteiger partial charge in [0.1, 0.15) is 0 Å². The van der Waals surface area contributed by atoms with Gasteiger partial charge in [0.05, 0.1) is 11.4 Å². The molecule has 2 heterocycles. The van der Waals surface area contributed by atoms with Crippen molar-refractivity contribution in [1.82, 2.24) is 20.0 Å². The van der Waals surface area contributed by atoms with Crippen LogP contribution in [-0.2, 0) is 0 Å². The van der Waals surface area contributed by atoms with E-state index in [2.05, 4.69) is 32.3 Å². The molecule has 0 unspecified atom stereocenters. The Morgan fingerprint density at radius 2 is 1.49 bits per heavy atom. The second-order valence-electron chi connectivity index (χ2n) is 8.59. The van der Waals surface area contributed by atoms with Crippen LogP contribution in [0.4, 0.5) is 5.69 Å². The first-order valence-electron chi connectivity index (χ1n) is 11.9. The number of nitrogens with zero attached hydrogens (tertiary/aromatic N) is 4. The zero-order valence-electron chi connectivity index (χ0n) is 19.5. The minimum Gasteiger partial charge on any atom is -0.369 e. The van der Waals surface area contributed by atoms with Gasteiger partial charge in [0.25, 0.3) is 5.91 Å². The Hall–Kier alpha value is -3.61. The quantitative estimate of drug-likeness (QED) is 0.410. The Kier molecular flexibility index (Phi) is 7.12. The Morgan fingerprint density at radius 1 is 0.829 bits per heavy atom. The van der Waals surface area contributed by atoms with Gasteiger partial charge in [0, 0.05) is 55.5 Å². The Balaban J connectivity index is 1.19. The van der Waals surface area contributed by atoms with Crippen molar-refractivity contribution >= 4 is 23.2 Å². The highest BCUT2D eigenvalue weighted by Gasteiger charge is 2.19. The van der Waals surface area contributed by atoms with E-state index < -0.39 is 0 Å². The molecule has 1 N–H and O–H groups in total. The largest absolute Gasteiger partial charge is 0.369 e. The molecule has 1 aromatic heterocycles. The first-order valence-corrected chi connectivity index (χ1v) is 12.3. The molecule has 5 rings (SSSR count). The lowest BCUT2D eigenvalue weighted by Crippen LogP contribution is -2.48. The van der Waals surface area contributed by atoms with E-state index in [0.717, 1.165) is 54.7 Å². The molecule has 0 spiro atoms. The summed E-state index contributed by atoms with van der Waals surface area (Å²) in [6, 6.07) is 29.8. The number of nitrogens with one attached hydrogen (secondary N) is 1. The molecule has 1 fully saturated rings. The van der Waals surface area contributed by atoms with Gasteiger partial charge in [0.2, 0.25) is 0 Å². The predicted octanol–water partition coefficient (Wildman–Crippen LogP) is 4.74. The standard InChI is InChI=1S/C28H28ClN5O/c29-23-11-13-24(14-12-23)33-19-17-32(18-20-33)16-15-30-28(35)26-21-27(22-7-3-1-4-8-22)34(31-26)25-9-5-2-6-10-25/h1-14,21H,15-20H2,(H,30,35). The van der Waals surface area contributed by atoms with Gasteiger partial charge in [-0.1, -0.05) is 60.1 Å². The van der Waals surface area contributed by atoms with E-state index in [9.17, 15) is 4.79 Å². The molecule has 35 heavy (non-hydrogen) atoms. The topological polar surface area (TPSA) is 53.4 Å². The maximum Gasteiger partial charge on any atom is 0.271 e. The van der Waals surface area contributed by atoms with Gasteiger partial charge in [-0.15, -0.1) is 0 Å². The van der Waals surface area contributed by atoms with E-state index in [-0.39, 0.29) is 5.91 Å². The third-order valence-corrected chi connectivity index (χ3v) is 6.54. The fourth-order valence-electron chi connectivity index (χ4n) is 4.37. The SMILES string of the molecule is O=C(NCCN1CCN(c2ccc(Cl)cc2)CC1)c1cc(-c2ccccc2)n(-c2ccccc2)n1. The monoisotopic (exact) mass is 485 g/mol. The Labute approximate surface area is 210 Å². The molecule has 1 aliphatic rings. The van der Waals surface area contributed by atoms with Crippen molar-refractivity contribution in [2.45, 2.75) is 0 Å². The number of halogens is 1. The Morgan fingerprint density at radius 3 is 2.17 bits per heavy atom. The molecule has 1 amide bonds. The molecule has 7 heteroatoms. The maximum absolute atomic E-state index is 13.0. The van der Waals surface area contributed by atoms with Crippen molar-refractivity contribution in [3.8, 4) is 16.9 Å². The van der Waals surface area contributed by atoms with Crippen molar-refractivity contribution in [1.29, 1.82) is 0 Å². The summed E-state index contributed by atoms with van der Waals surface area (Å²) in [6.07, 6.45) is 0. The van der Waals surface area contributed by atoms with Crippen LogP contribution in [0.15, 0.2) is 91.0 Å². The van der Waals surface area contributed by atoms with Gasteiger partial charge < -0.3 is 10.2 Å². The summed E-state index contributed by atoms with van der Waals surface area (Å²) in [6.45, 7) is 5.22. The molecule has 1 saturated heterocycles. The first kappa shape index (κ1) is 23.1. The minimum absolute atomic E-state index is 0.156. The summed E-state index contributed by atoms with van der Waals surface area (Å²) in [5, 5.41) is 8.46. The van der Waals surface area contributed by atoms with Gasteiger partial charge in [-0.25, -0.2) is 4.68 Å². The number of anilines is 1. The van der Waals surface area contributed by atoms with Crippen molar-refractivity contribution in [3.05, 3.63) is 102 Å². The zero-order chi connectivity index (χ0) is 24.0. The number of amides is 1. The van der Waals surface area contributed by atoms with Gasteiger partial charge in [0.15, 0.2) is 5.69 Å². The molecule has 0 radical (unpaired) electrons. The summed E-state index contributed by atoms with van der Waals surface area (Å²) in [4.78, 5) is 17.7. The molecular formula is C28H28ClN5O. The second-order valence-corrected chi connectivity index (χ2v) is 9.03. The smallest absolute Gasteiger partial charge is 0.271 e. The van der Waals surface area contributed by atoms with Crippen LogP contribution in [-0.4, -0.2) is 59.9 Å². The molecule has 4 aromatic rings. The van der Waals surface area contributed by atoms with Crippen LogP contribution in [0.2, 0.25) is 5.02 Å². The van der Waals surface area contributed by atoms with Crippen LogP contribution in [0.1, 0.15) is 10.5 Å². The van der Waals surface area contributed by atoms with E-state index in [0.29, 0.717) is 12.2 Å². The summed E-state index contributed by atoms with van der Waals surface area (Å²) in [5.41, 5.74) is 4.44. The molecule has 3 aromatic carbocycles. The summed E-state index contributed by atoms with van der Waals surface area (Å²) in [5.74, 6) is -0.156. The number of benzene rings is 3. The maximum atomic E-state index is 13.0. The lowest BCUT2D eigenvalue weighted by molar-refractivity contribution is 0.0942. The van der Waals surface area contributed by atoms with Gasteiger partial charge >= 0.3 is 0 Å². The molecule has 0 bridgehead atoms. The molecule has 0 saturated carbocycles. The second kappa shape index (κ2) is 10.8. The van der Waals surface area contributed by atoms with Crippen molar-refractivity contribution < 1.29 is 4.79 Å². The highest BCUT2D eigenvalue weighted by Crippen LogP contribution is 2.24. The lowest BCUT2D eigenvalue weighted by Gasteiger charge is -2.36. The first-order chi connectivity index (χ1) is 17.2. The van der Waals surface area contributed by atoms with Crippen molar-refractivity contribution in [2.24, 2.45) is 0 Å². The predicted molar refractivity (Wildman–Crippen MR) is 141 cm³/mol. The fraction of sp³-hybridized carbons (Fsp3) is 0.214. The van der Waals surface area contributed by atoms with E-state index in [1.54, 1.807) is 0 Å². The number of carbonyl (C=O) groups is 1. The molecular weight excluding hydrogens is 458 g/mol. The van der Waals surface area contributed by atoms with Crippen LogP contribution >= 0.6 is 11.6 Å². The van der Waals surface area contributed by atoms with Crippen LogP contribution in [0, 0.1) is 0 Å². The van der Waals surface area contributed by atoms with Crippen LogP contribution in [0.25, 0.3) is 16.9 Å². The summed E-state index contributed by atoms with van der Waals surface area (Å²) < 4.78 is 1.83. The van der Waals surface area contributed by atoms with Crippen LogP contribution in [0.5, 0.6) is 0 Å². The number of hydrogen-bond donors (Lipinski definition) is 1. The van der Waals surface area contributed by atoms with Crippen LogP contribution in [0.3, 0.4) is 0 Å². The van der Waals surface area contributed by atoms with Crippen LogP contribution < -0.4 is 10.2 Å². The van der Waals surface area contributed by atoms with E-state index in [1.807, 2.05) is 83.5 Å². The zero-order valence-corrected chi connectivity index (χ0v) is 20.2. The number of aromatic nitrogens is 2. The van der Waals surface area contributed by atoms with E-state index in [1.165, 1.54) is 5.69 Å². The minimum atomic E-state index is -0.156. The average molecular weight is 486 g/mol. The molecule has 0 atom stereocenters. The molecule has 6 nitrogen and oxygen atoms in total. The summed E-state index contributed by atoms with van der Waals surface area (Å²) in [7, 11) is 0. The Bertz CT molecular complexity index is 1190. The third kappa shape index (κ3) is 5.56. The van der Waals surface area contributed by atoms with Gasteiger partial charge in [-0.2, -0.15) is 5.10 Å². The lowest BCUT2D eigenvalue weighted by atomic mass is 10.1. The highest BCUT2D eigenvalue weighted by atomic mass is 35.5. The van der Waals surface area contributed by atoms with E-state index in [4.69, 9.17) is 11.6 Å². The summed E-state index contributed by atoms with van der Waals surface area (Å²) >= 11 is 6.01. The van der Waals surface area contributed by atoms with E-state index >= 15 is 0 Å². The molecule has 1 aliphatic heterocycles. The van der Waals surface area contributed by atoms with Crippen molar-refractivity contribution in [2.75, 3.05) is 44.2 Å². The molecule has 0 aliphatic carbocycles. The number of piperazine rings is 1. The average Bonchev–Trinajstić information content (AvgIpc) is 3.36. The highest BCUT2D eigenvalue weighted by molar-refractivity contribution is 6.30. The van der Waals surface area contributed by atoms with Gasteiger partial charge in [-0.05, 0) is 42.5 Å². The number of hydrogen-bond acceptors (Lipinski definition) is 4. The number of carbonyl (C=O) groups excluding carboxylic acids is 1. The molecule has 178 valence electrons. The van der Waals surface area contributed by atoms with Gasteiger partial charge in [-0.3, -0.25) is 9.69 Å². The number of rotatable bonds is 7. The number of para-hydroxylation sites is 1. The van der Waals surface area contributed by atoms with Crippen molar-refractivity contribution in [3.63, 3.8) is 0 Å². The fourth-order valence-corrected chi connectivity index (χ4v) is 4.50. The normalized spacial score (nSPS) is 14.1. The third-order valence-electron chi connectivity index (χ3n) is 6.29.